The van der Waals surface area contributed by atoms with E-state index in [2.05, 4.69) is 15.7 Å². The number of ether oxygens (including phenoxy) is 2. The van der Waals surface area contributed by atoms with Crippen LogP contribution < -0.4 is 20.1 Å². The SMILES string of the molecule is COc1ccc(C2CC(C(F)F)n3nc(-c4ccc(Cl)cc4F)cc3N2)cc1OC.O=CN1CCNCC1. The lowest BCUT2D eigenvalue weighted by molar-refractivity contribution is -0.118. The van der Waals surface area contributed by atoms with Crippen molar-refractivity contribution in [3.8, 4) is 22.8 Å². The van der Waals surface area contributed by atoms with E-state index in [1.165, 1.54) is 37.1 Å². The molecule has 5 rings (SSSR count). The second kappa shape index (κ2) is 12.4. The van der Waals surface area contributed by atoms with Gasteiger partial charge in [-0.2, -0.15) is 5.10 Å². The van der Waals surface area contributed by atoms with Gasteiger partial charge in [0.1, 0.15) is 17.7 Å². The van der Waals surface area contributed by atoms with E-state index in [1.807, 2.05) is 0 Å². The summed E-state index contributed by atoms with van der Waals surface area (Å²) in [5.74, 6) is 0.875. The van der Waals surface area contributed by atoms with Gasteiger partial charge in [-0.1, -0.05) is 17.7 Å². The molecule has 1 fully saturated rings. The summed E-state index contributed by atoms with van der Waals surface area (Å²) in [6, 6.07) is 9.46. The highest BCUT2D eigenvalue weighted by Crippen LogP contribution is 2.41. The van der Waals surface area contributed by atoms with Gasteiger partial charge in [-0.15, -0.1) is 0 Å². The normalized spacial score (nSPS) is 18.7. The molecule has 0 aliphatic carbocycles. The maximum Gasteiger partial charge on any atom is 0.260 e. The van der Waals surface area contributed by atoms with E-state index < -0.39 is 24.3 Å². The van der Waals surface area contributed by atoms with E-state index in [0.717, 1.165) is 38.2 Å². The predicted octanol–water partition coefficient (Wildman–Crippen LogP) is 4.77. The molecule has 0 saturated carbocycles. The summed E-state index contributed by atoms with van der Waals surface area (Å²) in [6.07, 6.45) is -1.64. The minimum Gasteiger partial charge on any atom is -0.493 e. The second-order valence-corrected chi connectivity index (χ2v) is 9.26. The molecule has 3 aromatic rings. The van der Waals surface area contributed by atoms with Crippen molar-refractivity contribution >= 4 is 23.8 Å². The van der Waals surface area contributed by atoms with Crippen LogP contribution in [0, 0.1) is 5.82 Å². The van der Waals surface area contributed by atoms with E-state index in [4.69, 9.17) is 21.1 Å². The number of alkyl halides is 2. The van der Waals surface area contributed by atoms with Gasteiger partial charge >= 0.3 is 0 Å². The molecule has 2 aromatic carbocycles. The van der Waals surface area contributed by atoms with Crippen LogP contribution in [0.4, 0.5) is 19.0 Å². The second-order valence-electron chi connectivity index (χ2n) is 8.82. The van der Waals surface area contributed by atoms with E-state index in [9.17, 15) is 18.0 Å². The lowest BCUT2D eigenvalue weighted by atomic mass is 9.97. The summed E-state index contributed by atoms with van der Waals surface area (Å²) in [7, 11) is 3.04. The highest BCUT2D eigenvalue weighted by atomic mass is 35.5. The first-order chi connectivity index (χ1) is 18.3. The number of nitrogens with one attached hydrogen (secondary N) is 2. The van der Waals surface area contributed by atoms with Crippen molar-refractivity contribution in [1.82, 2.24) is 20.0 Å². The number of hydrogen-bond acceptors (Lipinski definition) is 6. The zero-order valence-corrected chi connectivity index (χ0v) is 21.7. The number of aromatic nitrogens is 2. The number of nitrogens with zero attached hydrogens (tertiary/aromatic N) is 3. The van der Waals surface area contributed by atoms with Gasteiger partial charge in [0.25, 0.3) is 6.43 Å². The molecule has 2 unspecified atom stereocenters. The first kappa shape index (κ1) is 27.6. The van der Waals surface area contributed by atoms with Crippen LogP contribution in [-0.2, 0) is 4.79 Å². The van der Waals surface area contributed by atoms with E-state index in [0.29, 0.717) is 17.3 Å². The number of carbonyl (C=O) groups excluding carboxylic acids is 1. The number of halogens is 4. The van der Waals surface area contributed by atoms with E-state index in [1.54, 1.807) is 29.2 Å². The van der Waals surface area contributed by atoms with Gasteiger partial charge in [-0.05, 0) is 42.3 Å². The maximum absolute atomic E-state index is 14.3. The Hall–Kier alpha value is -3.44. The Morgan fingerprint density at radius 3 is 2.42 bits per heavy atom. The molecule has 1 aromatic heterocycles. The summed E-state index contributed by atoms with van der Waals surface area (Å²) in [5.41, 5.74) is 1.22. The predicted molar refractivity (Wildman–Crippen MR) is 139 cm³/mol. The fraction of sp³-hybridized carbons (Fsp3) is 0.385. The molecule has 1 saturated heterocycles. The summed E-state index contributed by atoms with van der Waals surface area (Å²) in [6.45, 7) is 3.62. The van der Waals surface area contributed by atoms with Crippen molar-refractivity contribution in [2.45, 2.75) is 24.9 Å². The van der Waals surface area contributed by atoms with Gasteiger partial charge in [0, 0.05) is 42.8 Å². The third kappa shape index (κ3) is 6.16. The number of anilines is 1. The number of hydrogen-bond donors (Lipinski definition) is 2. The largest absolute Gasteiger partial charge is 0.493 e. The average Bonchev–Trinajstić information content (AvgIpc) is 3.36. The summed E-state index contributed by atoms with van der Waals surface area (Å²) >= 11 is 5.81. The van der Waals surface area contributed by atoms with Gasteiger partial charge in [0.05, 0.1) is 26.0 Å². The number of fused-ring (bicyclic) bond motifs is 1. The first-order valence-corrected chi connectivity index (χ1v) is 12.4. The van der Waals surface area contributed by atoms with Gasteiger partial charge in [0.15, 0.2) is 11.5 Å². The Kier molecular flexibility index (Phi) is 9.01. The molecule has 8 nitrogen and oxygen atoms in total. The highest BCUT2D eigenvalue weighted by Gasteiger charge is 2.35. The Morgan fingerprint density at radius 1 is 1.08 bits per heavy atom. The third-order valence-corrected chi connectivity index (χ3v) is 6.69. The molecule has 204 valence electrons. The summed E-state index contributed by atoms with van der Waals surface area (Å²) in [4.78, 5) is 11.8. The van der Waals surface area contributed by atoms with Crippen LogP contribution in [-0.4, -0.2) is 67.9 Å². The van der Waals surface area contributed by atoms with Gasteiger partial charge in [0.2, 0.25) is 6.41 Å². The average molecular weight is 552 g/mol. The molecule has 0 radical (unpaired) electrons. The topological polar surface area (TPSA) is 80.6 Å². The summed E-state index contributed by atoms with van der Waals surface area (Å²) in [5, 5.41) is 10.9. The number of carbonyl (C=O) groups is 1. The molecule has 0 bridgehead atoms. The Balaban J connectivity index is 0.000000360. The monoisotopic (exact) mass is 551 g/mol. The molecular weight excluding hydrogens is 523 g/mol. The maximum atomic E-state index is 14.3. The molecule has 2 aliphatic heterocycles. The molecule has 12 heteroatoms. The standard InChI is InChI=1S/C21H19ClF3N3O2.C5H10N2O/c1-29-18-6-3-11(7-19(18)30-2)15-9-17(21(24)25)28-20(26-15)10-16(27-28)13-5-4-12(22)8-14(13)23;8-5-7-3-1-6-2-4-7/h3-8,10,15,17,21,26H,9H2,1-2H3;5-6H,1-4H2. The van der Waals surface area contributed by atoms with Gasteiger partial charge in [-0.25, -0.2) is 17.9 Å². The lowest BCUT2D eigenvalue weighted by Gasteiger charge is -2.32. The Morgan fingerprint density at radius 2 is 1.82 bits per heavy atom. The Labute approximate surface area is 223 Å². The van der Waals surface area contributed by atoms with Crippen LogP contribution in [0.15, 0.2) is 42.5 Å². The fourth-order valence-corrected chi connectivity index (χ4v) is 4.61. The van der Waals surface area contributed by atoms with Crippen molar-refractivity contribution in [1.29, 1.82) is 0 Å². The number of benzene rings is 2. The molecule has 2 aliphatic rings. The van der Waals surface area contributed by atoms with Crippen molar-refractivity contribution in [2.24, 2.45) is 0 Å². The first-order valence-electron chi connectivity index (χ1n) is 12.1. The van der Waals surface area contributed by atoms with Crippen molar-refractivity contribution in [3.63, 3.8) is 0 Å². The highest BCUT2D eigenvalue weighted by molar-refractivity contribution is 6.30. The molecule has 38 heavy (non-hydrogen) atoms. The van der Waals surface area contributed by atoms with Crippen molar-refractivity contribution < 1.29 is 27.4 Å². The fourth-order valence-electron chi connectivity index (χ4n) is 4.45. The van der Waals surface area contributed by atoms with Crippen LogP contribution in [0.5, 0.6) is 11.5 Å². The third-order valence-electron chi connectivity index (χ3n) is 6.46. The quantitative estimate of drug-likeness (QED) is 0.430. The minimum absolute atomic E-state index is 0.102. The zero-order valence-electron chi connectivity index (χ0n) is 21.0. The van der Waals surface area contributed by atoms with Crippen LogP contribution in [0.3, 0.4) is 0 Å². The van der Waals surface area contributed by atoms with Crippen LogP contribution in [0.25, 0.3) is 11.3 Å². The van der Waals surface area contributed by atoms with Crippen LogP contribution >= 0.6 is 11.6 Å². The molecule has 0 spiro atoms. The Bertz CT molecular complexity index is 1250. The van der Waals surface area contributed by atoms with E-state index in [-0.39, 0.29) is 22.7 Å². The molecule has 2 atom stereocenters. The smallest absolute Gasteiger partial charge is 0.260 e. The minimum atomic E-state index is -2.64. The van der Waals surface area contributed by atoms with Gasteiger partial charge < -0.3 is 25.0 Å². The zero-order chi connectivity index (χ0) is 27.2. The van der Waals surface area contributed by atoms with Gasteiger partial charge in [-0.3, -0.25) is 4.79 Å². The number of piperazine rings is 1. The molecule has 3 heterocycles. The summed E-state index contributed by atoms with van der Waals surface area (Å²) < 4.78 is 53.9. The number of rotatable bonds is 6. The van der Waals surface area contributed by atoms with Crippen LogP contribution in [0.2, 0.25) is 5.02 Å². The number of methoxy groups -OCH3 is 2. The molecule has 1 amide bonds. The molecular formula is C26H29ClF3N5O3. The van der Waals surface area contributed by atoms with E-state index >= 15 is 0 Å². The van der Waals surface area contributed by atoms with Crippen molar-refractivity contribution in [3.05, 3.63) is 58.9 Å². The van der Waals surface area contributed by atoms with Crippen LogP contribution in [0.1, 0.15) is 24.1 Å². The van der Waals surface area contributed by atoms with Crippen molar-refractivity contribution in [2.75, 3.05) is 45.7 Å². The number of amides is 1. The molecule has 2 N–H and O–H groups in total. The lowest BCUT2D eigenvalue weighted by Crippen LogP contribution is -2.42.